The third-order valence-electron chi connectivity index (χ3n) is 1.51. The fourth-order valence-corrected chi connectivity index (χ4v) is 1.34. The van der Waals surface area contributed by atoms with E-state index < -0.39 is 12.2 Å². The number of nitrogens with zero attached hydrogens (tertiary/aromatic N) is 1. The Hall–Kier alpha value is -1.02. The van der Waals surface area contributed by atoms with Crippen LogP contribution >= 0.6 is 15.9 Å². The van der Waals surface area contributed by atoms with E-state index in [9.17, 15) is 13.2 Å². The summed E-state index contributed by atoms with van der Waals surface area (Å²) >= 11 is 2.93. The zero-order valence-corrected chi connectivity index (χ0v) is 8.89. The zero-order chi connectivity index (χ0) is 11.6. The van der Waals surface area contributed by atoms with Crippen LogP contribution in [0.3, 0.4) is 0 Å². The van der Waals surface area contributed by atoms with E-state index in [1.165, 1.54) is 6.07 Å². The topological polar surface area (TPSA) is 74.2 Å². The molecule has 0 radical (unpaired) electrons. The molecule has 0 bridgehead atoms. The van der Waals surface area contributed by atoms with Gasteiger partial charge in [-0.05, 0) is 27.6 Å². The highest BCUT2D eigenvalue weighted by atomic mass is 79.9. The Balaban J connectivity index is 3.12. The maximum absolute atomic E-state index is 11.9. The van der Waals surface area contributed by atoms with E-state index in [1.54, 1.807) is 0 Å². The summed E-state index contributed by atoms with van der Waals surface area (Å²) in [7, 11) is 0. The van der Waals surface area contributed by atoms with Crippen molar-refractivity contribution in [3.8, 4) is 5.88 Å². The number of pyridine rings is 1. The maximum atomic E-state index is 11.9. The molecule has 15 heavy (non-hydrogen) atoms. The predicted molar refractivity (Wildman–Crippen MR) is 50.9 cm³/mol. The third-order valence-corrected chi connectivity index (χ3v) is 1.92. The van der Waals surface area contributed by atoms with Gasteiger partial charge in [-0.25, -0.2) is 4.98 Å². The normalized spacial score (nSPS) is 11.5. The molecule has 1 rings (SSSR count). The molecular weight excluding hydrogens is 279 g/mol. The molecule has 0 aliphatic carbocycles. The highest BCUT2D eigenvalue weighted by Crippen LogP contribution is 2.30. The van der Waals surface area contributed by atoms with E-state index in [4.69, 9.17) is 11.5 Å². The fraction of sp³-hybridized carbons (Fsp3) is 0.286. The summed E-state index contributed by atoms with van der Waals surface area (Å²) in [5, 5.41) is 0. The number of alkyl halides is 3. The first-order valence-corrected chi connectivity index (χ1v) is 4.53. The van der Waals surface area contributed by atoms with Crippen molar-refractivity contribution >= 4 is 21.6 Å². The van der Waals surface area contributed by atoms with E-state index in [1.807, 2.05) is 0 Å². The monoisotopic (exact) mass is 285 g/mol. The van der Waals surface area contributed by atoms with Gasteiger partial charge in [0, 0.05) is 6.54 Å². The second-order valence-corrected chi connectivity index (χ2v) is 3.39. The van der Waals surface area contributed by atoms with E-state index >= 15 is 0 Å². The predicted octanol–water partition coefficient (Wildman–Crippen LogP) is 1.78. The van der Waals surface area contributed by atoms with Gasteiger partial charge >= 0.3 is 6.36 Å². The van der Waals surface area contributed by atoms with E-state index in [0.29, 0.717) is 5.56 Å². The van der Waals surface area contributed by atoms with Gasteiger partial charge < -0.3 is 16.2 Å². The molecule has 1 aromatic heterocycles. The summed E-state index contributed by atoms with van der Waals surface area (Å²) in [6.45, 7) is 0.00116. The highest BCUT2D eigenvalue weighted by Gasteiger charge is 2.33. The Bertz CT molecular complexity index is 369. The number of rotatable bonds is 2. The molecule has 0 saturated heterocycles. The molecule has 0 atom stereocenters. The van der Waals surface area contributed by atoms with E-state index in [2.05, 4.69) is 25.7 Å². The highest BCUT2D eigenvalue weighted by molar-refractivity contribution is 9.10. The summed E-state index contributed by atoms with van der Waals surface area (Å²) in [6, 6.07) is 1.43. The second-order valence-electron chi connectivity index (χ2n) is 2.57. The van der Waals surface area contributed by atoms with Crippen LogP contribution in [0.1, 0.15) is 5.56 Å². The Morgan fingerprint density at radius 1 is 1.47 bits per heavy atom. The fourth-order valence-electron chi connectivity index (χ4n) is 0.905. The average molecular weight is 286 g/mol. The summed E-state index contributed by atoms with van der Waals surface area (Å²) < 4.78 is 39.6. The lowest BCUT2D eigenvalue weighted by Gasteiger charge is -2.12. The van der Waals surface area contributed by atoms with Gasteiger partial charge in [0.05, 0.1) is 5.69 Å². The quantitative estimate of drug-likeness (QED) is 0.813. The smallest absolute Gasteiger partial charge is 0.394 e. The first kappa shape index (κ1) is 12.1. The van der Waals surface area contributed by atoms with Crippen molar-refractivity contribution < 1.29 is 17.9 Å². The zero-order valence-electron chi connectivity index (χ0n) is 7.31. The van der Waals surface area contributed by atoms with Crippen molar-refractivity contribution in [1.82, 2.24) is 4.98 Å². The van der Waals surface area contributed by atoms with Crippen LogP contribution in [0.2, 0.25) is 0 Å². The third kappa shape index (κ3) is 3.24. The average Bonchev–Trinajstić information content (AvgIpc) is 2.08. The van der Waals surface area contributed by atoms with Crippen LogP contribution in [-0.4, -0.2) is 11.3 Å². The van der Waals surface area contributed by atoms with Gasteiger partial charge in [0.15, 0.2) is 0 Å². The standard InChI is InChI=1S/C7H7BrF3N3O/c8-4-1-3(2-12)5(13)6(14-4)15-7(9,10)11/h1H,2,12-13H2. The Morgan fingerprint density at radius 2 is 2.07 bits per heavy atom. The van der Waals surface area contributed by atoms with Crippen LogP contribution in [-0.2, 0) is 6.54 Å². The van der Waals surface area contributed by atoms with Crippen molar-refractivity contribution in [3.05, 3.63) is 16.2 Å². The SMILES string of the molecule is NCc1cc(Br)nc(OC(F)(F)F)c1N. The lowest BCUT2D eigenvalue weighted by Crippen LogP contribution is -2.19. The number of anilines is 1. The number of hydrogen-bond acceptors (Lipinski definition) is 4. The molecule has 0 unspecified atom stereocenters. The number of hydrogen-bond donors (Lipinski definition) is 2. The largest absolute Gasteiger partial charge is 0.574 e. The molecule has 0 aromatic carbocycles. The molecule has 8 heteroatoms. The molecular formula is C7H7BrF3N3O. The summed E-state index contributed by atoms with van der Waals surface area (Å²) in [5.74, 6) is -0.697. The molecule has 1 heterocycles. The lowest BCUT2D eigenvalue weighted by molar-refractivity contribution is -0.275. The van der Waals surface area contributed by atoms with Crippen LogP contribution in [0, 0.1) is 0 Å². The van der Waals surface area contributed by atoms with Crippen molar-refractivity contribution in [2.45, 2.75) is 12.9 Å². The van der Waals surface area contributed by atoms with Crippen molar-refractivity contribution in [3.63, 3.8) is 0 Å². The minimum Gasteiger partial charge on any atom is -0.394 e. The minimum absolute atomic E-state index is 0.00116. The van der Waals surface area contributed by atoms with Gasteiger partial charge in [-0.3, -0.25) is 0 Å². The minimum atomic E-state index is -4.83. The molecule has 0 fully saturated rings. The van der Waals surface area contributed by atoms with Crippen molar-refractivity contribution in [1.29, 1.82) is 0 Å². The molecule has 4 nitrogen and oxygen atoms in total. The molecule has 0 amide bonds. The number of nitrogens with two attached hydrogens (primary N) is 2. The number of aromatic nitrogens is 1. The Labute approximate surface area is 91.5 Å². The van der Waals surface area contributed by atoms with Gasteiger partial charge in [0.1, 0.15) is 4.60 Å². The van der Waals surface area contributed by atoms with Gasteiger partial charge in [-0.15, -0.1) is 13.2 Å². The van der Waals surface area contributed by atoms with Crippen LogP contribution < -0.4 is 16.2 Å². The Morgan fingerprint density at radius 3 is 2.53 bits per heavy atom. The molecule has 0 saturated carbocycles. The number of halogens is 4. The molecule has 0 aliphatic rings. The van der Waals surface area contributed by atoms with E-state index in [0.717, 1.165) is 0 Å². The first-order chi connectivity index (χ1) is 6.83. The summed E-state index contributed by atoms with van der Waals surface area (Å²) in [5.41, 5.74) is 10.8. The van der Waals surface area contributed by atoms with Crippen LogP contribution in [0.4, 0.5) is 18.9 Å². The molecule has 4 N–H and O–H groups in total. The lowest BCUT2D eigenvalue weighted by atomic mass is 10.2. The van der Waals surface area contributed by atoms with Gasteiger partial charge in [0.25, 0.3) is 0 Å². The number of ether oxygens (including phenoxy) is 1. The molecule has 0 aliphatic heterocycles. The van der Waals surface area contributed by atoms with E-state index in [-0.39, 0.29) is 16.8 Å². The molecule has 1 aromatic rings. The van der Waals surface area contributed by atoms with Crippen molar-refractivity contribution in [2.24, 2.45) is 5.73 Å². The van der Waals surface area contributed by atoms with Gasteiger partial charge in [-0.2, -0.15) is 0 Å². The van der Waals surface area contributed by atoms with Gasteiger partial charge in [-0.1, -0.05) is 0 Å². The summed E-state index contributed by atoms with van der Waals surface area (Å²) in [6.07, 6.45) is -4.83. The summed E-state index contributed by atoms with van der Waals surface area (Å²) in [4.78, 5) is 3.46. The molecule has 84 valence electrons. The first-order valence-electron chi connectivity index (χ1n) is 3.74. The Kier molecular flexibility index (Phi) is 3.40. The van der Waals surface area contributed by atoms with Crippen LogP contribution in [0.5, 0.6) is 5.88 Å². The van der Waals surface area contributed by atoms with Crippen molar-refractivity contribution in [2.75, 3.05) is 5.73 Å². The number of nitrogen functional groups attached to an aromatic ring is 1. The molecule has 0 spiro atoms. The second kappa shape index (κ2) is 4.23. The van der Waals surface area contributed by atoms with Crippen LogP contribution in [0.15, 0.2) is 10.7 Å². The van der Waals surface area contributed by atoms with Gasteiger partial charge in [0.2, 0.25) is 5.88 Å². The maximum Gasteiger partial charge on any atom is 0.574 e. The van der Waals surface area contributed by atoms with Crippen LogP contribution in [0.25, 0.3) is 0 Å².